The summed E-state index contributed by atoms with van der Waals surface area (Å²) in [5.74, 6) is -1.46. The number of hydrogen-bond donors (Lipinski definition) is 1. The highest BCUT2D eigenvalue weighted by molar-refractivity contribution is 5.70. The molecule has 2 unspecified atom stereocenters. The van der Waals surface area contributed by atoms with Gasteiger partial charge in [-0.05, 0) is 36.6 Å². The maximum atomic E-state index is 13.6. The fraction of sp³-hybridized carbons (Fsp3) is 0.350. The van der Waals surface area contributed by atoms with E-state index in [4.69, 9.17) is 0 Å². The summed E-state index contributed by atoms with van der Waals surface area (Å²) in [6.07, 6.45) is -3.27. The van der Waals surface area contributed by atoms with Crippen molar-refractivity contribution in [3.8, 4) is 0 Å². The fourth-order valence-electron chi connectivity index (χ4n) is 3.66. The van der Waals surface area contributed by atoms with Crippen LogP contribution in [-0.2, 0) is 11.0 Å². The Hall–Kier alpha value is -2.34. The molecule has 1 saturated heterocycles. The molecule has 0 amide bonds. The number of carboxylic acids is 1. The number of halogens is 3. The Bertz CT molecular complexity index is 761. The van der Waals surface area contributed by atoms with E-state index in [1.165, 1.54) is 12.1 Å². The summed E-state index contributed by atoms with van der Waals surface area (Å²) < 4.78 is 40.8. The third-order valence-corrected chi connectivity index (χ3v) is 4.84. The Morgan fingerprint density at radius 2 is 1.73 bits per heavy atom. The maximum Gasteiger partial charge on any atom is 0.416 e. The van der Waals surface area contributed by atoms with Gasteiger partial charge < -0.3 is 5.11 Å². The molecule has 26 heavy (non-hydrogen) atoms. The second kappa shape index (κ2) is 7.50. The molecule has 2 aromatic carbocycles. The molecule has 0 radical (unpaired) electrons. The third-order valence-electron chi connectivity index (χ3n) is 4.84. The number of aliphatic carboxylic acids is 1. The van der Waals surface area contributed by atoms with Crippen molar-refractivity contribution in [1.29, 1.82) is 0 Å². The Kier molecular flexibility index (Phi) is 5.32. The van der Waals surface area contributed by atoms with Gasteiger partial charge in [-0.25, -0.2) is 0 Å². The molecule has 2 aromatic rings. The minimum atomic E-state index is -4.47. The second-order valence-corrected chi connectivity index (χ2v) is 6.57. The van der Waals surface area contributed by atoms with Gasteiger partial charge in [-0.3, -0.25) is 9.69 Å². The predicted octanol–water partition coefficient (Wildman–Crippen LogP) is 4.59. The summed E-state index contributed by atoms with van der Waals surface area (Å²) in [5, 5.41) is 9.36. The number of rotatable bonds is 4. The Morgan fingerprint density at radius 1 is 1.08 bits per heavy atom. The maximum absolute atomic E-state index is 13.6. The van der Waals surface area contributed by atoms with E-state index in [0.29, 0.717) is 19.4 Å². The number of carbonyl (C=O) groups is 1. The third kappa shape index (κ3) is 3.90. The number of hydrogen-bond acceptors (Lipinski definition) is 2. The molecule has 1 N–H and O–H groups in total. The van der Waals surface area contributed by atoms with Gasteiger partial charge in [0.25, 0.3) is 0 Å². The molecule has 138 valence electrons. The second-order valence-electron chi connectivity index (χ2n) is 6.57. The zero-order valence-corrected chi connectivity index (χ0v) is 14.1. The van der Waals surface area contributed by atoms with E-state index in [1.807, 2.05) is 11.0 Å². The quantitative estimate of drug-likeness (QED) is 0.864. The summed E-state index contributed by atoms with van der Waals surface area (Å²) in [4.78, 5) is 13.3. The molecule has 1 aliphatic heterocycles. The van der Waals surface area contributed by atoms with Crippen LogP contribution in [0.15, 0.2) is 54.6 Å². The number of likely N-dealkylation sites (tertiary alicyclic amines) is 1. The average molecular weight is 363 g/mol. The van der Waals surface area contributed by atoms with E-state index in [0.717, 1.165) is 11.6 Å². The molecule has 3 rings (SSSR count). The van der Waals surface area contributed by atoms with Crippen molar-refractivity contribution in [3.63, 3.8) is 0 Å². The molecule has 3 nitrogen and oxygen atoms in total. The Labute approximate surface area is 150 Å². The lowest BCUT2D eigenvalue weighted by atomic mass is 9.89. The van der Waals surface area contributed by atoms with E-state index >= 15 is 0 Å². The van der Waals surface area contributed by atoms with Crippen LogP contribution >= 0.6 is 0 Å². The molecule has 0 aromatic heterocycles. The minimum absolute atomic E-state index is 0.164. The van der Waals surface area contributed by atoms with Gasteiger partial charge in [0.2, 0.25) is 0 Å². The highest BCUT2D eigenvalue weighted by Gasteiger charge is 2.38. The molecule has 2 atom stereocenters. The van der Waals surface area contributed by atoms with Gasteiger partial charge in [-0.2, -0.15) is 13.2 Å². The van der Waals surface area contributed by atoms with Gasteiger partial charge in [-0.15, -0.1) is 0 Å². The monoisotopic (exact) mass is 363 g/mol. The van der Waals surface area contributed by atoms with Crippen LogP contribution in [-0.4, -0.2) is 29.1 Å². The number of alkyl halides is 3. The summed E-state index contributed by atoms with van der Waals surface area (Å²) in [6, 6.07) is 13.9. The topological polar surface area (TPSA) is 40.5 Å². The van der Waals surface area contributed by atoms with E-state index < -0.39 is 29.7 Å². The molecule has 0 spiro atoms. The van der Waals surface area contributed by atoms with Crippen LogP contribution in [0, 0.1) is 5.92 Å². The molecule has 1 heterocycles. The van der Waals surface area contributed by atoms with Crippen molar-refractivity contribution >= 4 is 5.97 Å². The number of nitrogens with zero attached hydrogens (tertiary/aromatic N) is 1. The molecule has 0 bridgehead atoms. The van der Waals surface area contributed by atoms with Crippen molar-refractivity contribution in [1.82, 2.24) is 4.90 Å². The number of piperidine rings is 1. The lowest BCUT2D eigenvalue weighted by molar-refractivity contribution is -0.144. The van der Waals surface area contributed by atoms with Crippen LogP contribution in [0.2, 0.25) is 0 Å². The molecule has 1 fully saturated rings. The van der Waals surface area contributed by atoms with Gasteiger partial charge in [0, 0.05) is 6.54 Å². The molecule has 6 heteroatoms. The fourth-order valence-corrected chi connectivity index (χ4v) is 3.66. The van der Waals surface area contributed by atoms with Gasteiger partial charge in [0.05, 0.1) is 17.5 Å². The Balaban J connectivity index is 2.08. The van der Waals surface area contributed by atoms with E-state index in [2.05, 4.69) is 0 Å². The van der Waals surface area contributed by atoms with E-state index in [9.17, 15) is 23.1 Å². The van der Waals surface area contributed by atoms with Crippen LogP contribution in [0.1, 0.15) is 35.6 Å². The largest absolute Gasteiger partial charge is 0.481 e. The smallest absolute Gasteiger partial charge is 0.416 e. The molecule has 0 aliphatic carbocycles. The predicted molar refractivity (Wildman–Crippen MR) is 91.7 cm³/mol. The van der Waals surface area contributed by atoms with Crippen molar-refractivity contribution in [2.75, 3.05) is 13.1 Å². The lowest BCUT2D eigenvalue weighted by Crippen LogP contribution is -2.41. The summed E-state index contributed by atoms with van der Waals surface area (Å²) >= 11 is 0. The molecular formula is C20H20F3NO2. The van der Waals surface area contributed by atoms with Crippen molar-refractivity contribution < 1.29 is 23.1 Å². The zero-order valence-electron chi connectivity index (χ0n) is 14.1. The standard InChI is InChI=1S/C20H20F3NO2/c21-20(22,23)17-11-5-4-10-16(17)18(14-7-2-1-3-8-14)24-12-6-9-15(13-24)19(25)26/h1-5,7-8,10-11,15,18H,6,9,12-13H2,(H,25,26). The van der Waals surface area contributed by atoms with Crippen LogP contribution in [0.5, 0.6) is 0 Å². The first-order valence-electron chi connectivity index (χ1n) is 8.56. The van der Waals surface area contributed by atoms with Crippen LogP contribution in [0.4, 0.5) is 13.2 Å². The Morgan fingerprint density at radius 3 is 2.38 bits per heavy atom. The molecule has 0 saturated carbocycles. The van der Waals surface area contributed by atoms with Gasteiger partial charge >= 0.3 is 12.1 Å². The lowest BCUT2D eigenvalue weighted by Gasteiger charge is -2.38. The van der Waals surface area contributed by atoms with Crippen molar-refractivity contribution in [2.24, 2.45) is 5.92 Å². The van der Waals surface area contributed by atoms with Gasteiger partial charge in [-0.1, -0.05) is 48.5 Å². The van der Waals surface area contributed by atoms with Crippen LogP contribution < -0.4 is 0 Å². The summed E-state index contributed by atoms with van der Waals surface area (Å²) in [7, 11) is 0. The van der Waals surface area contributed by atoms with Crippen LogP contribution in [0.25, 0.3) is 0 Å². The number of benzene rings is 2. The van der Waals surface area contributed by atoms with Crippen LogP contribution in [0.3, 0.4) is 0 Å². The van der Waals surface area contributed by atoms with Gasteiger partial charge in [0.15, 0.2) is 0 Å². The first kappa shape index (κ1) is 18.5. The first-order chi connectivity index (χ1) is 12.4. The normalized spacial score (nSPS) is 19.9. The van der Waals surface area contributed by atoms with Crippen molar-refractivity contribution in [3.05, 3.63) is 71.3 Å². The number of carboxylic acid groups (broad SMARTS) is 1. The average Bonchev–Trinajstić information content (AvgIpc) is 2.63. The zero-order chi connectivity index (χ0) is 18.7. The van der Waals surface area contributed by atoms with Gasteiger partial charge in [0.1, 0.15) is 0 Å². The summed E-state index contributed by atoms with van der Waals surface area (Å²) in [6.45, 7) is 0.802. The summed E-state index contributed by atoms with van der Waals surface area (Å²) in [5.41, 5.74) is 0.221. The first-order valence-corrected chi connectivity index (χ1v) is 8.56. The van der Waals surface area contributed by atoms with Crippen molar-refractivity contribution in [2.45, 2.75) is 25.1 Å². The SMILES string of the molecule is O=C(O)C1CCCN(C(c2ccccc2)c2ccccc2C(F)(F)F)C1. The van der Waals surface area contributed by atoms with E-state index in [1.54, 1.807) is 30.3 Å². The minimum Gasteiger partial charge on any atom is -0.481 e. The highest BCUT2D eigenvalue weighted by atomic mass is 19.4. The van der Waals surface area contributed by atoms with E-state index in [-0.39, 0.29) is 12.1 Å². The molecular weight excluding hydrogens is 343 g/mol. The highest BCUT2D eigenvalue weighted by Crippen LogP contribution is 2.40. The molecule has 1 aliphatic rings.